The lowest BCUT2D eigenvalue weighted by atomic mass is 10.1. The molecule has 1 fully saturated rings. The van der Waals surface area contributed by atoms with Gasteiger partial charge in [0.1, 0.15) is 0 Å². The molecular weight excluding hydrogens is 294 g/mol. The van der Waals surface area contributed by atoms with Crippen molar-refractivity contribution >= 4 is 15.9 Å². The molecule has 2 N–H and O–H groups in total. The van der Waals surface area contributed by atoms with Crippen LogP contribution in [0.2, 0.25) is 0 Å². The number of nitrogens with zero attached hydrogens (tertiary/aromatic N) is 2. The first-order valence-electron chi connectivity index (χ1n) is 6.01. The molecule has 18 heavy (non-hydrogen) atoms. The van der Waals surface area contributed by atoms with Crippen molar-refractivity contribution in [2.45, 2.75) is 25.8 Å². The zero-order chi connectivity index (χ0) is 12.7. The molecule has 1 saturated carbocycles. The van der Waals surface area contributed by atoms with E-state index in [1.807, 2.05) is 25.1 Å². The summed E-state index contributed by atoms with van der Waals surface area (Å²) in [7, 11) is 0. The van der Waals surface area contributed by atoms with Gasteiger partial charge in [0.15, 0.2) is 5.82 Å². The minimum Gasteiger partial charge on any atom is -0.334 e. The lowest BCUT2D eigenvalue weighted by Gasteiger charge is -2.02. The van der Waals surface area contributed by atoms with Crippen LogP contribution in [-0.4, -0.2) is 10.1 Å². The number of benzene rings is 1. The molecule has 2 aromatic rings. The van der Waals surface area contributed by atoms with Crippen LogP contribution in [0.4, 0.5) is 0 Å². The predicted octanol–water partition coefficient (Wildman–Crippen LogP) is 3.22. The standard InChI is InChI=1S/C13H14BrN3O/c1-7-6-9(4-5-10(7)14)13-16-12(17-18-13)11(15)8-2-3-8/h4-6,8,11H,2-3,15H2,1H3. The van der Waals surface area contributed by atoms with Gasteiger partial charge in [-0.15, -0.1) is 0 Å². The Bertz CT molecular complexity index is 577. The zero-order valence-corrected chi connectivity index (χ0v) is 11.6. The summed E-state index contributed by atoms with van der Waals surface area (Å²) in [4.78, 5) is 4.39. The first kappa shape index (κ1) is 11.9. The molecule has 0 saturated heterocycles. The Hall–Kier alpha value is -1.20. The molecule has 4 nitrogen and oxygen atoms in total. The topological polar surface area (TPSA) is 64.9 Å². The summed E-state index contributed by atoms with van der Waals surface area (Å²) in [5.74, 6) is 1.69. The highest BCUT2D eigenvalue weighted by Gasteiger charge is 2.32. The molecule has 1 aliphatic rings. The van der Waals surface area contributed by atoms with Crippen molar-refractivity contribution in [1.82, 2.24) is 10.1 Å². The van der Waals surface area contributed by atoms with Crippen molar-refractivity contribution in [2.24, 2.45) is 11.7 Å². The normalized spacial score (nSPS) is 16.8. The van der Waals surface area contributed by atoms with E-state index in [-0.39, 0.29) is 6.04 Å². The summed E-state index contributed by atoms with van der Waals surface area (Å²) in [5, 5.41) is 3.98. The minimum absolute atomic E-state index is 0.0842. The van der Waals surface area contributed by atoms with E-state index in [1.54, 1.807) is 0 Å². The Kier molecular flexibility index (Phi) is 2.95. The second-order valence-corrected chi connectivity index (χ2v) is 5.64. The third-order valence-corrected chi connectivity index (χ3v) is 4.16. The third-order valence-electron chi connectivity index (χ3n) is 3.27. The fourth-order valence-corrected chi connectivity index (χ4v) is 2.18. The summed E-state index contributed by atoms with van der Waals surface area (Å²) < 4.78 is 6.36. The maximum absolute atomic E-state index is 6.05. The number of aryl methyl sites for hydroxylation is 1. The van der Waals surface area contributed by atoms with Gasteiger partial charge in [0, 0.05) is 10.0 Å². The van der Waals surface area contributed by atoms with Crippen molar-refractivity contribution < 1.29 is 4.52 Å². The van der Waals surface area contributed by atoms with Crippen LogP contribution in [0.3, 0.4) is 0 Å². The Morgan fingerprint density at radius 2 is 2.22 bits per heavy atom. The Morgan fingerprint density at radius 3 is 2.89 bits per heavy atom. The Morgan fingerprint density at radius 1 is 1.44 bits per heavy atom. The number of hydrogen-bond acceptors (Lipinski definition) is 4. The highest BCUT2D eigenvalue weighted by molar-refractivity contribution is 9.10. The molecular formula is C13H14BrN3O. The smallest absolute Gasteiger partial charge is 0.257 e. The number of aromatic nitrogens is 2. The molecule has 5 heteroatoms. The molecule has 1 atom stereocenters. The molecule has 3 rings (SSSR count). The molecule has 1 aliphatic carbocycles. The van der Waals surface area contributed by atoms with E-state index in [2.05, 4.69) is 26.1 Å². The van der Waals surface area contributed by atoms with Gasteiger partial charge < -0.3 is 10.3 Å². The molecule has 0 aliphatic heterocycles. The van der Waals surface area contributed by atoms with Crippen LogP contribution in [0.5, 0.6) is 0 Å². The van der Waals surface area contributed by atoms with Gasteiger partial charge in [-0.3, -0.25) is 0 Å². The van der Waals surface area contributed by atoms with Gasteiger partial charge in [0.2, 0.25) is 0 Å². The molecule has 1 aromatic heterocycles. The second kappa shape index (κ2) is 4.48. The van der Waals surface area contributed by atoms with E-state index in [9.17, 15) is 0 Å². The maximum atomic E-state index is 6.05. The third kappa shape index (κ3) is 2.20. The number of hydrogen-bond donors (Lipinski definition) is 1. The second-order valence-electron chi connectivity index (χ2n) is 4.78. The van der Waals surface area contributed by atoms with Crippen LogP contribution in [-0.2, 0) is 0 Å². The van der Waals surface area contributed by atoms with Crippen LogP contribution in [0.15, 0.2) is 27.2 Å². The van der Waals surface area contributed by atoms with Gasteiger partial charge in [-0.2, -0.15) is 4.98 Å². The molecule has 1 aromatic carbocycles. The van der Waals surface area contributed by atoms with Crippen LogP contribution < -0.4 is 5.73 Å². The van der Waals surface area contributed by atoms with E-state index in [0.717, 1.165) is 15.6 Å². The van der Waals surface area contributed by atoms with Crippen molar-refractivity contribution in [2.75, 3.05) is 0 Å². The monoisotopic (exact) mass is 307 g/mol. The van der Waals surface area contributed by atoms with Crippen molar-refractivity contribution in [3.8, 4) is 11.5 Å². The Labute approximate surface area is 114 Å². The first-order valence-corrected chi connectivity index (χ1v) is 6.80. The highest BCUT2D eigenvalue weighted by Crippen LogP contribution is 2.38. The molecule has 0 radical (unpaired) electrons. The largest absolute Gasteiger partial charge is 0.334 e. The first-order chi connectivity index (χ1) is 8.65. The average molecular weight is 308 g/mol. The van der Waals surface area contributed by atoms with E-state index in [0.29, 0.717) is 17.6 Å². The van der Waals surface area contributed by atoms with Gasteiger partial charge in [-0.05, 0) is 49.4 Å². The fourth-order valence-electron chi connectivity index (χ4n) is 1.93. The molecule has 94 valence electrons. The van der Waals surface area contributed by atoms with E-state index >= 15 is 0 Å². The van der Waals surface area contributed by atoms with Gasteiger partial charge in [-0.1, -0.05) is 21.1 Å². The van der Waals surface area contributed by atoms with Crippen LogP contribution >= 0.6 is 15.9 Å². The zero-order valence-electron chi connectivity index (χ0n) is 10.1. The van der Waals surface area contributed by atoms with E-state index < -0.39 is 0 Å². The molecule has 0 spiro atoms. The van der Waals surface area contributed by atoms with Crippen LogP contribution in [0.25, 0.3) is 11.5 Å². The van der Waals surface area contributed by atoms with E-state index in [1.165, 1.54) is 12.8 Å². The lowest BCUT2D eigenvalue weighted by Crippen LogP contribution is -2.13. The minimum atomic E-state index is -0.0842. The van der Waals surface area contributed by atoms with E-state index in [4.69, 9.17) is 10.3 Å². The Balaban J connectivity index is 1.89. The maximum Gasteiger partial charge on any atom is 0.257 e. The molecule has 1 heterocycles. The summed E-state index contributed by atoms with van der Waals surface area (Å²) in [5.41, 5.74) is 8.12. The van der Waals surface area contributed by atoms with Gasteiger partial charge in [0.25, 0.3) is 5.89 Å². The van der Waals surface area contributed by atoms with Gasteiger partial charge >= 0.3 is 0 Å². The lowest BCUT2D eigenvalue weighted by molar-refractivity contribution is 0.411. The van der Waals surface area contributed by atoms with Gasteiger partial charge in [0.05, 0.1) is 6.04 Å². The van der Waals surface area contributed by atoms with Crippen molar-refractivity contribution in [1.29, 1.82) is 0 Å². The highest BCUT2D eigenvalue weighted by atomic mass is 79.9. The summed E-state index contributed by atoms with van der Waals surface area (Å²) in [6, 6.07) is 5.87. The number of halogens is 1. The number of nitrogens with two attached hydrogens (primary N) is 1. The van der Waals surface area contributed by atoms with Gasteiger partial charge in [-0.25, -0.2) is 0 Å². The predicted molar refractivity (Wildman–Crippen MR) is 71.8 cm³/mol. The number of rotatable bonds is 3. The molecule has 0 bridgehead atoms. The summed E-state index contributed by atoms with van der Waals surface area (Å²) in [6.45, 7) is 2.03. The fraction of sp³-hybridized carbons (Fsp3) is 0.385. The summed E-state index contributed by atoms with van der Waals surface area (Å²) in [6.07, 6.45) is 2.34. The van der Waals surface area contributed by atoms with Crippen molar-refractivity contribution in [3.63, 3.8) is 0 Å². The van der Waals surface area contributed by atoms with Crippen LogP contribution in [0.1, 0.15) is 30.3 Å². The van der Waals surface area contributed by atoms with Crippen molar-refractivity contribution in [3.05, 3.63) is 34.1 Å². The SMILES string of the molecule is Cc1cc(-c2nc(C(N)C3CC3)no2)ccc1Br. The molecule has 1 unspecified atom stereocenters. The quantitative estimate of drug-likeness (QED) is 0.945. The average Bonchev–Trinajstić information content (AvgIpc) is 3.09. The molecule has 0 amide bonds. The van der Waals surface area contributed by atoms with Crippen LogP contribution in [0, 0.1) is 12.8 Å². The summed E-state index contributed by atoms with van der Waals surface area (Å²) >= 11 is 3.47.